The molecule has 7 nitrogen and oxygen atoms in total. The summed E-state index contributed by atoms with van der Waals surface area (Å²) in [7, 11) is 4.98. The Morgan fingerprint density at radius 3 is 2.58 bits per heavy atom. The molecule has 0 aliphatic heterocycles. The molecule has 0 unspecified atom stereocenters. The van der Waals surface area contributed by atoms with Crippen LogP contribution in [-0.4, -0.2) is 36.5 Å². The van der Waals surface area contributed by atoms with E-state index in [0.717, 1.165) is 11.3 Å². The smallest absolute Gasteiger partial charge is 0.315 e. The summed E-state index contributed by atoms with van der Waals surface area (Å²) in [6.07, 6.45) is 1.09. The Morgan fingerprint density at radius 2 is 1.96 bits per heavy atom. The number of urea groups is 1. The highest BCUT2D eigenvalue weighted by atomic mass is 16.5. The maximum atomic E-state index is 11.9. The normalized spacial score (nSPS) is 11.7. The molecule has 0 saturated carbocycles. The third-order valence-corrected chi connectivity index (χ3v) is 3.68. The van der Waals surface area contributed by atoms with Gasteiger partial charge in [-0.1, -0.05) is 6.07 Å². The first-order valence-corrected chi connectivity index (χ1v) is 7.57. The molecule has 1 aromatic heterocycles. The van der Waals surface area contributed by atoms with Gasteiger partial charge in [-0.15, -0.1) is 0 Å². The van der Waals surface area contributed by atoms with Crippen molar-refractivity contribution in [3.63, 3.8) is 0 Å². The number of hydrogen-bond donors (Lipinski definition) is 3. The molecule has 2 rings (SSSR count). The molecule has 2 amide bonds. The molecule has 1 atom stereocenters. The molecule has 24 heavy (non-hydrogen) atoms. The molecule has 1 heterocycles. The second-order valence-electron chi connectivity index (χ2n) is 5.31. The molecule has 2 aromatic rings. The lowest BCUT2D eigenvalue weighted by Gasteiger charge is -2.14. The van der Waals surface area contributed by atoms with Crippen molar-refractivity contribution in [2.24, 2.45) is 7.05 Å². The summed E-state index contributed by atoms with van der Waals surface area (Å²) in [5.41, 5.74) is 1.63. The van der Waals surface area contributed by atoms with Crippen LogP contribution in [0.2, 0.25) is 0 Å². The molecular weight excluding hydrogens is 310 g/mol. The van der Waals surface area contributed by atoms with Crippen molar-refractivity contribution in [3.8, 4) is 11.5 Å². The first-order valence-electron chi connectivity index (χ1n) is 7.57. The van der Waals surface area contributed by atoms with Crippen LogP contribution in [-0.2, 0) is 13.6 Å². The predicted octanol–water partition coefficient (Wildman–Crippen LogP) is 1.58. The van der Waals surface area contributed by atoms with Crippen LogP contribution >= 0.6 is 0 Å². The molecule has 0 bridgehead atoms. The molecule has 7 heteroatoms. The van der Waals surface area contributed by atoms with Crippen LogP contribution in [0.15, 0.2) is 36.5 Å². The van der Waals surface area contributed by atoms with E-state index >= 15 is 0 Å². The lowest BCUT2D eigenvalue weighted by Crippen LogP contribution is -2.37. The van der Waals surface area contributed by atoms with E-state index in [1.165, 1.54) is 0 Å². The first-order chi connectivity index (χ1) is 11.5. The zero-order valence-electron chi connectivity index (χ0n) is 14.1. The quantitative estimate of drug-likeness (QED) is 0.718. The SMILES string of the molecule is COc1ccc(CNC(=O)NC[C@@H](O)c2cccn2C)cc1OC. The number of benzene rings is 1. The van der Waals surface area contributed by atoms with Crippen molar-refractivity contribution in [3.05, 3.63) is 47.8 Å². The van der Waals surface area contributed by atoms with Crippen molar-refractivity contribution < 1.29 is 19.4 Å². The number of aromatic nitrogens is 1. The van der Waals surface area contributed by atoms with Gasteiger partial charge in [-0.2, -0.15) is 0 Å². The number of methoxy groups -OCH3 is 2. The molecule has 0 radical (unpaired) electrons. The van der Waals surface area contributed by atoms with Crippen LogP contribution in [0, 0.1) is 0 Å². The Kier molecular flexibility index (Phi) is 6.08. The van der Waals surface area contributed by atoms with Crippen LogP contribution < -0.4 is 20.1 Å². The van der Waals surface area contributed by atoms with Gasteiger partial charge in [-0.05, 0) is 29.8 Å². The van der Waals surface area contributed by atoms with Crippen molar-refractivity contribution >= 4 is 6.03 Å². The average Bonchev–Trinajstić information content (AvgIpc) is 3.03. The zero-order valence-corrected chi connectivity index (χ0v) is 14.1. The predicted molar refractivity (Wildman–Crippen MR) is 90.2 cm³/mol. The molecule has 0 aliphatic rings. The molecule has 1 aromatic carbocycles. The molecule has 0 aliphatic carbocycles. The monoisotopic (exact) mass is 333 g/mol. The van der Waals surface area contributed by atoms with E-state index < -0.39 is 6.10 Å². The van der Waals surface area contributed by atoms with E-state index in [2.05, 4.69) is 10.6 Å². The summed E-state index contributed by atoms with van der Waals surface area (Å²) < 4.78 is 12.2. The molecule has 0 spiro atoms. The number of rotatable bonds is 7. The molecule has 130 valence electrons. The van der Waals surface area contributed by atoms with E-state index in [9.17, 15) is 9.90 Å². The van der Waals surface area contributed by atoms with E-state index in [1.807, 2.05) is 36.0 Å². The fourth-order valence-corrected chi connectivity index (χ4v) is 2.35. The van der Waals surface area contributed by atoms with Gasteiger partial charge in [0.25, 0.3) is 0 Å². The van der Waals surface area contributed by atoms with E-state index in [-0.39, 0.29) is 12.6 Å². The summed E-state index contributed by atoms with van der Waals surface area (Å²) in [5, 5.41) is 15.4. The van der Waals surface area contributed by atoms with Gasteiger partial charge in [0, 0.05) is 25.5 Å². The topological polar surface area (TPSA) is 84.8 Å². The van der Waals surface area contributed by atoms with Crippen molar-refractivity contribution in [2.45, 2.75) is 12.6 Å². The lowest BCUT2D eigenvalue weighted by molar-refractivity contribution is 0.166. The Hall–Kier alpha value is -2.67. The van der Waals surface area contributed by atoms with Crippen LogP contribution in [0.1, 0.15) is 17.4 Å². The van der Waals surface area contributed by atoms with Gasteiger partial charge >= 0.3 is 6.03 Å². The number of amides is 2. The molecular formula is C17H23N3O4. The molecule has 0 fully saturated rings. The van der Waals surface area contributed by atoms with Crippen molar-refractivity contribution in [1.82, 2.24) is 15.2 Å². The third-order valence-electron chi connectivity index (χ3n) is 3.68. The largest absolute Gasteiger partial charge is 0.493 e. The van der Waals surface area contributed by atoms with Gasteiger partial charge in [-0.3, -0.25) is 0 Å². The third kappa shape index (κ3) is 4.42. The van der Waals surface area contributed by atoms with Crippen LogP contribution in [0.3, 0.4) is 0 Å². The Labute approximate surface area is 141 Å². The van der Waals surface area contributed by atoms with Gasteiger partial charge in [0.2, 0.25) is 0 Å². The van der Waals surface area contributed by atoms with E-state index in [4.69, 9.17) is 9.47 Å². The van der Waals surface area contributed by atoms with Crippen LogP contribution in [0.25, 0.3) is 0 Å². The van der Waals surface area contributed by atoms with Gasteiger partial charge < -0.3 is 29.8 Å². The summed E-state index contributed by atoms with van der Waals surface area (Å²) in [4.78, 5) is 11.9. The standard InChI is InChI=1S/C17H23N3O4/c1-20-8-4-5-13(20)14(21)11-19-17(22)18-10-12-6-7-15(23-2)16(9-12)24-3/h4-9,14,21H,10-11H2,1-3H3,(H2,18,19,22)/t14-/m1/s1. The van der Waals surface area contributed by atoms with Crippen LogP contribution in [0.5, 0.6) is 11.5 Å². The van der Waals surface area contributed by atoms with Gasteiger partial charge in [-0.25, -0.2) is 4.79 Å². The number of aryl methyl sites for hydroxylation is 1. The first kappa shape index (κ1) is 17.7. The zero-order chi connectivity index (χ0) is 17.5. The van der Waals surface area contributed by atoms with Crippen LogP contribution in [0.4, 0.5) is 4.79 Å². The summed E-state index contributed by atoms with van der Waals surface area (Å²) in [6.45, 7) is 0.474. The number of carbonyl (C=O) groups is 1. The second kappa shape index (κ2) is 8.26. The number of aliphatic hydroxyl groups excluding tert-OH is 1. The van der Waals surface area contributed by atoms with Gasteiger partial charge in [0.15, 0.2) is 11.5 Å². The Bertz CT molecular complexity index is 684. The minimum absolute atomic E-state index is 0.135. The number of aliphatic hydroxyl groups is 1. The summed E-state index contributed by atoms with van der Waals surface area (Å²) >= 11 is 0. The van der Waals surface area contributed by atoms with E-state index in [0.29, 0.717) is 18.0 Å². The average molecular weight is 333 g/mol. The highest BCUT2D eigenvalue weighted by molar-refractivity contribution is 5.73. The summed E-state index contributed by atoms with van der Waals surface area (Å²) in [5.74, 6) is 1.24. The number of ether oxygens (including phenoxy) is 2. The highest BCUT2D eigenvalue weighted by Crippen LogP contribution is 2.27. The van der Waals surface area contributed by atoms with Gasteiger partial charge in [0.05, 0.1) is 20.8 Å². The minimum atomic E-state index is -0.753. The molecule has 3 N–H and O–H groups in total. The molecule has 0 saturated heterocycles. The number of nitrogens with one attached hydrogen (secondary N) is 2. The number of hydrogen-bond acceptors (Lipinski definition) is 4. The lowest BCUT2D eigenvalue weighted by atomic mass is 10.2. The van der Waals surface area contributed by atoms with Gasteiger partial charge in [0.1, 0.15) is 6.10 Å². The highest BCUT2D eigenvalue weighted by Gasteiger charge is 2.12. The fraction of sp³-hybridized carbons (Fsp3) is 0.353. The van der Waals surface area contributed by atoms with E-state index in [1.54, 1.807) is 26.4 Å². The Morgan fingerprint density at radius 1 is 1.21 bits per heavy atom. The number of carbonyl (C=O) groups excluding carboxylic acids is 1. The minimum Gasteiger partial charge on any atom is -0.493 e. The maximum absolute atomic E-state index is 11.9. The van der Waals surface area contributed by atoms with Crippen molar-refractivity contribution in [1.29, 1.82) is 0 Å². The number of nitrogens with zero attached hydrogens (tertiary/aromatic N) is 1. The van der Waals surface area contributed by atoms with Crippen molar-refractivity contribution in [2.75, 3.05) is 20.8 Å². The summed E-state index contributed by atoms with van der Waals surface area (Å²) in [6, 6.07) is 8.74. The second-order valence-corrected chi connectivity index (χ2v) is 5.31. The fourth-order valence-electron chi connectivity index (χ4n) is 2.35. The Balaban J connectivity index is 1.82. The maximum Gasteiger partial charge on any atom is 0.315 e.